The van der Waals surface area contributed by atoms with Crippen molar-refractivity contribution in [1.82, 2.24) is 4.90 Å². The molecule has 1 aromatic carbocycles. The summed E-state index contributed by atoms with van der Waals surface area (Å²) in [5.74, 6) is -0.215. The fraction of sp³-hybridized carbons (Fsp3) is 0.190. The standard InChI is InChI=1S/C21H17BrN2O4/c1-12(25)11-24-20(26)17(13(2)18(10-23)21(24)27)9-16-7-8-19(28-16)14-3-5-15(22)6-4-14/h3-9,12,25H,11H2,1-2H3/t12-/m1/s1. The van der Waals surface area contributed by atoms with Gasteiger partial charge < -0.3 is 9.52 Å². The number of aliphatic hydroxyl groups excluding tert-OH is 1. The van der Waals surface area contributed by atoms with E-state index in [0.29, 0.717) is 17.1 Å². The first kappa shape index (κ1) is 19.8. The fourth-order valence-electron chi connectivity index (χ4n) is 2.90. The third-order valence-corrected chi connectivity index (χ3v) is 4.84. The number of carbonyl (C=O) groups is 2. The zero-order valence-electron chi connectivity index (χ0n) is 15.3. The summed E-state index contributed by atoms with van der Waals surface area (Å²) in [6.07, 6.45) is 0.610. The van der Waals surface area contributed by atoms with Crippen LogP contribution in [0.5, 0.6) is 0 Å². The molecule has 0 unspecified atom stereocenters. The minimum absolute atomic E-state index is 0.119. The number of furan rings is 1. The van der Waals surface area contributed by atoms with Gasteiger partial charge in [-0.1, -0.05) is 28.1 Å². The maximum atomic E-state index is 12.8. The number of benzene rings is 1. The number of halogens is 1. The van der Waals surface area contributed by atoms with Crippen LogP contribution in [0, 0.1) is 11.3 Å². The predicted molar refractivity (Wildman–Crippen MR) is 107 cm³/mol. The number of aliphatic hydroxyl groups is 1. The van der Waals surface area contributed by atoms with Gasteiger partial charge in [-0.25, -0.2) is 0 Å². The Bertz CT molecular complexity index is 1040. The summed E-state index contributed by atoms with van der Waals surface area (Å²) in [6, 6.07) is 12.9. The molecule has 1 aliphatic heterocycles. The summed E-state index contributed by atoms with van der Waals surface area (Å²) in [5.41, 5.74) is 1.24. The van der Waals surface area contributed by atoms with E-state index in [4.69, 9.17) is 4.42 Å². The molecule has 2 amide bonds. The zero-order valence-corrected chi connectivity index (χ0v) is 16.9. The lowest BCUT2D eigenvalue weighted by Crippen LogP contribution is -2.45. The molecule has 2 aromatic rings. The molecule has 1 aliphatic rings. The molecule has 1 atom stereocenters. The molecule has 6 nitrogen and oxygen atoms in total. The van der Waals surface area contributed by atoms with Crippen LogP contribution in [0.4, 0.5) is 0 Å². The lowest BCUT2D eigenvalue weighted by atomic mass is 9.94. The maximum absolute atomic E-state index is 12.8. The molecule has 0 fully saturated rings. The second-order valence-corrected chi connectivity index (χ2v) is 7.36. The van der Waals surface area contributed by atoms with Gasteiger partial charge in [0.15, 0.2) is 0 Å². The van der Waals surface area contributed by atoms with Crippen LogP contribution in [0.3, 0.4) is 0 Å². The van der Waals surface area contributed by atoms with E-state index < -0.39 is 17.9 Å². The molecule has 142 valence electrons. The van der Waals surface area contributed by atoms with Crippen LogP contribution in [0.15, 0.2) is 62.0 Å². The van der Waals surface area contributed by atoms with E-state index in [1.807, 2.05) is 30.3 Å². The number of rotatable bonds is 4. The SMILES string of the molecule is CC1=C(C#N)C(=O)N(C[C@@H](C)O)C(=O)C1=Cc1ccc(-c2ccc(Br)cc2)o1. The Kier molecular flexibility index (Phi) is 5.63. The Labute approximate surface area is 170 Å². The summed E-state index contributed by atoms with van der Waals surface area (Å²) in [4.78, 5) is 26.1. The van der Waals surface area contributed by atoms with Crippen LogP contribution in [-0.4, -0.2) is 34.5 Å². The second kappa shape index (κ2) is 7.97. The van der Waals surface area contributed by atoms with Gasteiger partial charge in [-0.15, -0.1) is 0 Å². The van der Waals surface area contributed by atoms with Crippen LogP contribution in [0.25, 0.3) is 17.4 Å². The molecule has 0 saturated carbocycles. The Morgan fingerprint density at radius 2 is 1.89 bits per heavy atom. The number of β-amino-alcohol motifs (C(OH)–C–C–N with tert-alkyl or cyclic N) is 1. The van der Waals surface area contributed by atoms with E-state index >= 15 is 0 Å². The van der Waals surface area contributed by atoms with Crippen molar-refractivity contribution in [2.24, 2.45) is 0 Å². The first-order valence-electron chi connectivity index (χ1n) is 8.55. The van der Waals surface area contributed by atoms with Gasteiger partial charge in [-0.2, -0.15) is 5.26 Å². The van der Waals surface area contributed by atoms with Crippen molar-refractivity contribution in [1.29, 1.82) is 5.26 Å². The molecular formula is C21H17BrN2O4. The molecule has 1 N–H and O–H groups in total. The molecule has 0 aliphatic carbocycles. The van der Waals surface area contributed by atoms with Gasteiger partial charge in [0.25, 0.3) is 11.8 Å². The van der Waals surface area contributed by atoms with E-state index in [9.17, 15) is 20.0 Å². The quantitative estimate of drug-likeness (QED) is 0.577. The molecule has 2 heterocycles. The van der Waals surface area contributed by atoms with E-state index in [2.05, 4.69) is 15.9 Å². The average molecular weight is 441 g/mol. The minimum Gasteiger partial charge on any atom is -0.457 e. The number of hydrogen-bond donors (Lipinski definition) is 1. The minimum atomic E-state index is -0.903. The van der Waals surface area contributed by atoms with Crippen LogP contribution in [0.1, 0.15) is 19.6 Å². The third kappa shape index (κ3) is 3.84. The molecule has 0 saturated heterocycles. The van der Waals surface area contributed by atoms with Gasteiger partial charge in [0.1, 0.15) is 23.2 Å². The van der Waals surface area contributed by atoms with Crippen molar-refractivity contribution in [2.45, 2.75) is 20.0 Å². The van der Waals surface area contributed by atoms with Crippen molar-refractivity contribution in [3.8, 4) is 17.4 Å². The molecular weight excluding hydrogens is 424 g/mol. The highest BCUT2D eigenvalue weighted by atomic mass is 79.9. The molecule has 3 rings (SSSR count). The Balaban J connectivity index is 2.01. The van der Waals surface area contributed by atoms with Gasteiger partial charge in [0.2, 0.25) is 0 Å². The highest BCUT2D eigenvalue weighted by Gasteiger charge is 2.36. The van der Waals surface area contributed by atoms with Gasteiger partial charge in [0, 0.05) is 15.6 Å². The molecule has 28 heavy (non-hydrogen) atoms. The lowest BCUT2D eigenvalue weighted by Gasteiger charge is -2.28. The summed E-state index contributed by atoms with van der Waals surface area (Å²) in [7, 11) is 0. The highest BCUT2D eigenvalue weighted by molar-refractivity contribution is 9.10. The Morgan fingerprint density at radius 1 is 1.21 bits per heavy atom. The molecule has 0 radical (unpaired) electrons. The van der Waals surface area contributed by atoms with Crippen LogP contribution in [-0.2, 0) is 9.59 Å². The predicted octanol–water partition coefficient (Wildman–Crippen LogP) is 3.68. The number of hydrogen-bond acceptors (Lipinski definition) is 5. The van der Waals surface area contributed by atoms with Crippen molar-refractivity contribution < 1.29 is 19.1 Å². The van der Waals surface area contributed by atoms with E-state index in [-0.39, 0.29) is 17.7 Å². The van der Waals surface area contributed by atoms with Crippen LogP contribution >= 0.6 is 15.9 Å². The molecule has 7 heteroatoms. The first-order valence-corrected chi connectivity index (χ1v) is 9.34. The zero-order chi connectivity index (χ0) is 20.4. The lowest BCUT2D eigenvalue weighted by molar-refractivity contribution is -0.141. The van der Waals surface area contributed by atoms with Crippen LogP contribution in [0.2, 0.25) is 0 Å². The number of carbonyl (C=O) groups excluding carboxylic acids is 2. The largest absolute Gasteiger partial charge is 0.457 e. The van der Waals surface area contributed by atoms with Crippen LogP contribution < -0.4 is 0 Å². The third-order valence-electron chi connectivity index (χ3n) is 4.31. The summed E-state index contributed by atoms with van der Waals surface area (Å²) >= 11 is 3.38. The van der Waals surface area contributed by atoms with Gasteiger partial charge >= 0.3 is 0 Å². The van der Waals surface area contributed by atoms with Crippen molar-refractivity contribution in [2.75, 3.05) is 6.54 Å². The van der Waals surface area contributed by atoms with E-state index in [1.165, 1.54) is 13.0 Å². The van der Waals surface area contributed by atoms with Crippen molar-refractivity contribution in [3.05, 3.63) is 63.4 Å². The summed E-state index contributed by atoms with van der Waals surface area (Å²) in [6.45, 7) is 2.84. The number of amides is 2. The Hall–Kier alpha value is -2.95. The number of imide groups is 1. The smallest absolute Gasteiger partial charge is 0.271 e. The normalized spacial score (nSPS) is 17.2. The number of nitrogens with zero attached hydrogens (tertiary/aromatic N) is 2. The average Bonchev–Trinajstić information content (AvgIpc) is 3.12. The van der Waals surface area contributed by atoms with Gasteiger partial charge in [-0.05, 0) is 49.8 Å². The van der Waals surface area contributed by atoms with Crippen molar-refractivity contribution >= 4 is 33.8 Å². The van der Waals surface area contributed by atoms with Gasteiger partial charge in [0.05, 0.1) is 12.6 Å². The molecule has 0 spiro atoms. The van der Waals surface area contributed by atoms with E-state index in [1.54, 1.807) is 19.1 Å². The summed E-state index contributed by atoms with van der Waals surface area (Å²) in [5, 5.41) is 18.9. The monoisotopic (exact) mass is 440 g/mol. The summed E-state index contributed by atoms with van der Waals surface area (Å²) < 4.78 is 6.77. The highest BCUT2D eigenvalue weighted by Crippen LogP contribution is 2.29. The maximum Gasteiger partial charge on any atom is 0.271 e. The van der Waals surface area contributed by atoms with Crippen molar-refractivity contribution in [3.63, 3.8) is 0 Å². The molecule has 0 bridgehead atoms. The first-order chi connectivity index (χ1) is 13.3. The number of nitriles is 1. The Morgan fingerprint density at radius 3 is 2.50 bits per heavy atom. The molecule has 1 aromatic heterocycles. The van der Waals surface area contributed by atoms with E-state index in [0.717, 1.165) is 14.9 Å². The topological polar surface area (TPSA) is 94.5 Å². The fourth-order valence-corrected chi connectivity index (χ4v) is 3.17. The second-order valence-electron chi connectivity index (χ2n) is 6.45. The van der Waals surface area contributed by atoms with Gasteiger partial charge in [-0.3, -0.25) is 14.5 Å².